The summed E-state index contributed by atoms with van der Waals surface area (Å²) in [5.74, 6) is 0.898. The number of aliphatic carboxylic acids is 1. The first-order valence-electron chi connectivity index (χ1n) is 6.87. The molecule has 0 amide bonds. The summed E-state index contributed by atoms with van der Waals surface area (Å²) in [6, 6.07) is 7.57. The summed E-state index contributed by atoms with van der Waals surface area (Å²) < 4.78 is 0. The van der Waals surface area contributed by atoms with Crippen molar-refractivity contribution in [3.63, 3.8) is 0 Å². The zero-order chi connectivity index (χ0) is 15.7. The molecule has 1 N–H and O–H groups in total. The topological polar surface area (TPSA) is 61.1 Å². The van der Waals surface area contributed by atoms with Crippen molar-refractivity contribution in [2.45, 2.75) is 36.5 Å². The van der Waals surface area contributed by atoms with E-state index in [2.05, 4.69) is 13.8 Å². The van der Waals surface area contributed by atoms with E-state index >= 15 is 0 Å². The number of carboxylic acid groups (broad SMARTS) is 1. The molecule has 0 saturated heterocycles. The molecule has 1 rings (SSSR count). The van der Waals surface area contributed by atoms with Crippen LogP contribution in [0.2, 0.25) is 0 Å². The molecule has 0 fully saturated rings. The van der Waals surface area contributed by atoms with Gasteiger partial charge in [0.05, 0.1) is 0 Å². The Kier molecular flexibility index (Phi) is 8.03. The molecule has 0 atom stereocenters. The van der Waals surface area contributed by atoms with Crippen molar-refractivity contribution in [3.05, 3.63) is 29.3 Å². The molecule has 0 unspecified atom stereocenters. The van der Waals surface area contributed by atoms with Crippen LogP contribution in [-0.2, 0) is 4.79 Å². The Hall–Kier alpha value is -1.38. The Balaban J connectivity index is 3.08. The van der Waals surface area contributed by atoms with Gasteiger partial charge in [-0.05, 0) is 48.1 Å². The molecule has 3 nitrogen and oxygen atoms in total. The predicted octanol–water partition coefficient (Wildman–Crippen LogP) is 4.68. The number of hydrogen-bond donors (Lipinski definition) is 1. The Labute approximate surface area is 134 Å². The van der Waals surface area contributed by atoms with E-state index < -0.39 is 5.97 Å². The van der Waals surface area contributed by atoms with Gasteiger partial charge in [0.15, 0.2) is 0 Å². The predicted molar refractivity (Wildman–Crippen MR) is 89.7 cm³/mol. The molecular formula is C16H19NO2S2. The van der Waals surface area contributed by atoms with Crippen LogP contribution in [0.1, 0.15) is 32.3 Å². The van der Waals surface area contributed by atoms with E-state index in [0.717, 1.165) is 34.8 Å². The fourth-order valence-corrected chi connectivity index (χ4v) is 3.58. The highest BCUT2D eigenvalue weighted by Crippen LogP contribution is 2.33. The third kappa shape index (κ3) is 5.86. The molecule has 0 aromatic heterocycles. The van der Waals surface area contributed by atoms with Gasteiger partial charge in [-0.25, -0.2) is 4.79 Å². The third-order valence-electron chi connectivity index (χ3n) is 2.55. The van der Waals surface area contributed by atoms with Gasteiger partial charge in [-0.3, -0.25) is 0 Å². The Morgan fingerprint density at radius 2 is 1.86 bits per heavy atom. The van der Waals surface area contributed by atoms with Crippen LogP contribution in [0.25, 0.3) is 6.08 Å². The molecule has 0 aliphatic rings. The van der Waals surface area contributed by atoms with Gasteiger partial charge in [-0.2, -0.15) is 5.26 Å². The molecule has 5 heteroatoms. The van der Waals surface area contributed by atoms with Gasteiger partial charge in [0.1, 0.15) is 11.6 Å². The van der Waals surface area contributed by atoms with Crippen molar-refractivity contribution in [2.75, 3.05) is 11.5 Å². The molecule has 112 valence electrons. The highest BCUT2D eigenvalue weighted by molar-refractivity contribution is 8.02. The average Bonchev–Trinajstić information content (AvgIpc) is 2.49. The van der Waals surface area contributed by atoms with Gasteiger partial charge in [-0.1, -0.05) is 19.9 Å². The third-order valence-corrected chi connectivity index (χ3v) is 5.22. The lowest BCUT2D eigenvalue weighted by Crippen LogP contribution is -1.97. The zero-order valence-corrected chi connectivity index (χ0v) is 13.9. The monoisotopic (exact) mass is 321 g/mol. The van der Waals surface area contributed by atoms with Crippen LogP contribution in [0, 0.1) is 11.3 Å². The maximum Gasteiger partial charge on any atom is 0.346 e. The van der Waals surface area contributed by atoms with Crippen molar-refractivity contribution >= 4 is 35.6 Å². The molecule has 21 heavy (non-hydrogen) atoms. The summed E-state index contributed by atoms with van der Waals surface area (Å²) >= 11 is 3.59. The van der Waals surface area contributed by atoms with E-state index in [0.29, 0.717) is 0 Å². The first-order valence-corrected chi connectivity index (χ1v) is 8.84. The molecule has 0 heterocycles. The minimum Gasteiger partial charge on any atom is -0.477 e. The average molecular weight is 321 g/mol. The number of nitrogens with zero attached hydrogens (tertiary/aromatic N) is 1. The van der Waals surface area contributed by atoms with Crippen LogP contribution in [0.5, 0.6) is 0 Å². The Morgan fingerprint density at radius 3 is 2.38 bits per heavy atom. The van der Waals surface area contributed by atoms with Crippen LogP contribution in [0.15, 0.2) is 33.6 Å². The second-order valence-electron chi connectivity index (χ2n) is 4.38. The molecule has 1 aromatic rings. The quantitative estimate of drug-likeness (QED) is 0.428. The number of benzene rings is 1. The molecule has 0 bridgehead atoms. The second-order valence-corrected chi connectivity index (χ2v) is 6.65. The number of carbonyl (C=O) groups is 1. The summed E-state index contributed by atoms with van der Waals surface area (Å²) in [7, 11) is 0. The molecule has 0 radical (unpaired) electrons. The lowest BCUT2D eigenvalue weighted by molar-refractivity contribution is -0.132. The van der Waals surface area contributed by atoms with Gasteiger partial charge >= 0.3 is 5.97 Å². The van der Waals surface area contributed by atoms with Crippen LogP contribution in [-0.4, -0.2) is 22.6 Å². The maximum atomic E-state index is 10.9. The number of rotatable bonds is 8. The van der Waals surface area contributed by atoms with E-state index in [4.69, 9.17) is 10.4 Å². The maximum absolute atomic E-state index is 10.9. The van der Waals surface area contributed by atoms with Crippen molar-refractivity contribution in [3.8, 4) is 6.07 Å². The van der Waals surface area contributed by atoms with Crippen LogP contribution in [0.4, 0.5) is 0 Å². The van der Waals surface area contributed by atoms with Crippen molar-refractivity contribution in [1.82, 2.24) is 0 Å². The standard InChI is InChI=1S/C16H19NO2S2/c1-3-7-20-14-6-5-12(9-13(11-17)16(18)19)10-15(14)21-8-4-2/h5-6,9-10H,3-4,7-8H2,1-2H3,(H,18,19)/b13-9+. The fourth-order valence-electron chi connectivity index (χ4n) is 1.58. The van der Waals surface area contributed by atoms with E-state index in [1.165, 1.54) is 11.0 Å². The normalized spacial score (nSPS) is 11.2. The number of nitriles is 1. The minimum atomic E-state index is -1.19. The molecule has 1 aromatic carbocycles. The second kappa shape index (κ2) is 9.54. The fraction of sp³-hybridized carbons (Fsp3) is 0.375. The largest absolute Gasteiger partial charge is 0.477 e. The molecule has 0 saturated carbocycles. The van der Waals surface area contributed by atoms with Crippen LogP contribution < -0.4 is 0 Å². The first kappa shape index (κ1) is 17.7. The summed E-state index contributed by atoms with van der Waals surface area (Å²) in [6.07, 6.45) is 3.62. The Morgan fingerprint density at radius 1 is 1.24 bits per heavy atom. The molecule has 0 aliphatic carbocycles. The summed E-state index contributed by atoms with van der Waals surface area (Å²) in [4.78, 5) is 13.3. The summed E-state index contributed by atoms with van der Waals surface area (Å²) in [6.45, 7) is 4.28. The Bertz CT molecular complexity index is 562. The zero-order valence-electron chi connectivity index (χ0n) is 12.3. The minimum absolute atomic E-state index is 0.240. The van der Waals surface area contributed by atoms with Crippen LogP contribution >= 0.6 is 23.5 Å². The van der Waals surface area contributed by atoms with E-state index in [-0.39, 0.29) is 5.57 Å². The van der Waals surface area contributed by atoms with Crippen molar-refractivity contribution in [2.24, 2.45) is 0 Å². The van der Waals surface area contributed by atoms with Gasteiger partial charge in [0.25, 0.3) is 0 Å². The number of carboxylic acids is 1. The lowest BCUT2D eigenvalue weighted by atomic mass is 10.1. The molecule has 0 spiro atoms. The molecular weight excluding hydrogens is 302 g/mol. The van der Waals surface area contributed by atoms with Crippen molar-refractivity contribution < 1.29 is 9.90 Å². The SMILES string of the molecule is CCCSc1ccc(/C=C(\C#N)C(=O)O)cc1SCCC. The smallest absolute Gasteiger partial charge is 0.346 e. The van der Waals surface area contributed by atoms with E-state index in [1.807, 2.05) is 30.0 Å². The number of hydrogen-bond acceptors (Lipinski definition) is 4. The van der Waals surface area contributed by atoms with Gasteiger partial charge in [0.2, 0.25) is 0 Å². The highest BCUT2D eigenvalue weighted by atomic mass is 32.2. The summed E-state index contributed by atoms with van der Waals surface area (Å²) in [5.41, 5.74) is 0.517. The lowest BCUT2D eigenvalue weighted by Gasteiger charge is -2.09. The highest BCUT2D eigenvalue weighted by Gasteiger charge is 2.08. The number of thioether (sulfide) groups is 2. The van der Waals surface area contributed by atoms with Gasteiger partial charge < -0.3 is 5.11 Å². The molecule has 0 aliphatic heterocycles. The van der Waals surface area contributed by atoms with E-state index in [9.17, 15) is 4.79 Å². The first-order chi connectivity index (χ1) is 10.1. The van der Waals surface area contributed by atoms with Crippen LogP contribution in [0.3, 0.4) is 0 Å². The van der Waals surface area contributed by atoms with Gasteiger partial charge in [-0.15, -0.1) is 23.5 Å². The van der Waals surface area contributed by atoms with Gasteiger partial charge in [0, 0.05) is 9.79 Å². The van der Waals surface area contributed by atoms with E-state index in [1.54, 1.807) is 17.8 Å². The van der Waals surface area contributed by atoms with Crippen molar-refractivity contribution in [1.29, 1.82) is 5.26 Å². The summed E-state index contributed by atoms with van der Waals surface area (Å²) in [5, 5.41) is 17.7.